The van der Waals surface area contributed by atoms with Crippen LogP contribution in [-0.4, -0.2) is 23.0 Å². The van der Waals surface area contributed by atoms with Gasteiger partial charge in [0.25, 0.3) is 0 Å². The molecule has 1 aliphatic heterocycles. The van der Waals surface area contributed by atoms with E-state index in [1.165, 1.54) is 0 Å². The summed E-state index contributed by atoms with van der Waals surface area (Å²) in [6.45, 7) is 0. The number of carbonyl (C=O) groups is 1. The number of primary amides is 1. The van der Waals surface area contributed by atoms with Gasteiger partial charge in [-0.25, -0.2) is 0 Å². The van der Waals surface area contributed by atoms with Crippen molar-refractivity contribution >= 4 is 27.5 Å². The van der Waals surface area contributed by atoms with Crippen LogP contribution in [0.2, 0.25) is 0 Å². The maximum atomic E-state index is 10.6. The highest BCUT2D eigenvalue weighted by molar-refractivity contribution is 8.77. The van der Waals surface area contributed by atoms with Gasteiger partial charge in [0.05, 0.1) is 0 Å². The van der Waals surface area contributed by atoms with Gasteiger partial charge >= 0.3 is 0 Å². The van der Waals surface area contributed by atoms with Crippen LogP contribution in [0.25, 0.3) is 0 Å². The van der Waals surface area contributed by atoms with Gasteiger partial charge in [-0.05, 0) is 0 Å². The molecule has 0 aromatic rings. The minimum atomic E-state index is -0.741. The van der Waals surface area contributed by atoms with Crippen molar-refractivity contribution < 1.29 is 4.79 Å². The zero-order chi connectivity index (χ0) is 6.91. The van der Waals surface area contributed by atoms with E-state index >= 15 is 0 Å². The lowest BCUT2D eigenvalue weighted by Crippen LogP contribution is -2.54. The number of amides is 1. The smallest absolute Gasteiger partial charge is 0.239 e. The Morgan fingerprint density at radius 1 is 1.44 bits per heavy atom. The number of hydrogen-bond acceptors (Lipinski definition) is 4. The largest absolute Gasteiger partial charge is 0.368 e. The van der Waals surface area contributed by atoms with Crippen molar-refractivity contribution in [1.29, 1.82) is 0 Å². The highest BCUT2D eigenvalue weighted by Gasteiger charge is 2.36. The first-order valence-corrected chi connectivity index (χ1v) is 4.97. The van der Waals surface area contributed by atoms with Crippen LogP contribution < -0.4 is 11.5 Å². The first-order chi connectivity index (χ1) is 4.15. The Kier molecular flexibility index (Phi) is 1.93. The molecule has 1 rings (SSSR count). The molecular weight excluding hydrogens is 156 g/mol. The van der Waals surface area contributed by atoms with E-state index in [2.05, 4.69) is 0 Å². The number of nitrogens with two attached hydrogens (primary N) is 2. The van der Waals surface area contributed by atoms with E-state index in [1.807, 2.05) is 0 Å². The Morgan fingerprint density at radius 2 is 1.89 bits per heavy atom. The van der Waals surface area contributed by atoms with Crippen LogP contribution in [-0.2, 0) is 4.79 Å². The van der Waals surface area contributed by atoms with Crippen molar-refractivity contribution in [3.63, 3.8) is 0 Å². The molecule has 1 heterocycles. The predicted molar refractivity (Wildman–Crippen MR) is 41.0 cm³/mol. The van der Waals surface area contributed by atoms with Crippen LogP contribution in [0.5, 0.6) is 0 Å². The topological polar surface area (TPSA) is 69.1 Å². The minimum absolute atomic E-state index is 0.389. The molecule has 0 aromatic heterocycles. The van der Waals surface area contributed by atoms with Crippen LogP contribution >= 0.6 is 21.6 Å². The predicted octanol–water partition coefficient (Wildman–Crippen LogP) is -0.436. The van der Waals surface area contributed by atoms with E-state index in [-0.39, 0.29) is 5.91 Å². The molecule has 1 amide bonds. The Bertz CT molecular complexity index is 133. The number of rotatable bonds is 1. The van der Waals surface area contributed by atoms with Gasteiger partial charge in [-0.2, -0.15) is 0 Å². The molecule has 0 saturated carbocycles. The molecule has 0 unspecified atom stereocenters. The summed E-state index contributed by atoms with van der Waals surface area (Å²) in [6.07, 6.45) is 0. The van der Waals surface area contributed by atoms with Crippen molar-refractivity contribution in [2.45, 2.75) is 5.54 Å². The van der Waals surface area contributed by atoms with E-state index in [0.29, 0.717) is 11.5 Å². The van der Waals surface area contributed by atoms with Gasteiger partial charge in [-0.1, -0.05) is 21.6 Å². The van der Waals surface area contributed by atoms with Crippen LogP contribution in [0.1, 0.15) is 0 Å². The molecule has 0 atom stereocenters. The van der Waals surface area contributed by atoms with Gasteiger partial charge in [0.2, 0.25) is 5.91 Å². The van der Waals surface area contributed by atoms with E-state index in [4.69, 9.17) is 11.5 Å². The third kappa shape index (κ3) is 1.33. The first-order valence-electron chi connectivity index (χ1n) is 2.48. The summed E-state index contributed by atoms with van der Waals surface area (Å²) in [5, 5.41) is 0. The third-order valence-corrected chi connectivity index (χ3v) is 3.85. The number of carbonyl (C=O) groups excluding carboxylic acids is 1. The standard InChI is InChI=1S/C4H8N2OS2/c5-3(7)4(6)1-8-9-2-4/h1-2,6H2,(H2,5,7). The molecule has 3 nitrogen and oxygen atoms in total. The fraction of sp³-hybridized carbons (Fsp3) is 0.750. The SMILES string of the molecule is NC(=O)C1(N)CSSC1. The molecule has 1 aliphatic rings. The summed E-state index contributed by atoms with van der Waals surface area (Å²) in [5.41, 5.74) is 9.89. The average Bonchev–Trinajstić information content (AvgIpc) is 2.16. The van der Waals surface area contributed by atoms with Crippen molar-refractivity contribution in [1.82, 2.24) is 0 Å². The van der Waals surface area contributed by atoms with Gasteiger partial charge < -0.3 is 11.5 Å². The lowest BCUT2D eigenvalue weighted by molar-refractivity contribution is -0.121. The first kappa shape index (κ1) is 7.24. The van der Waals surface area contributed by atoms with Crippen molar-refractivity contribution in [2.24, 2.45) is 11.5 Å². The maximum Gasteiger partial charge on any atom is 0.239 e. The van der Waals surface area contributed by atoms with Crippen molar-refractivity contribution in [3.05, 3.63) is 0 Å². The lowest BCUT2D eigenvalue weighted by Gasteiger charge is -2.15. The minimum Gasteiger partial charge on any atom is -0.368 e. The molecule has 1 saturated heterocycles. The molecule has 0 aliphatic carbocycles. The molecule has 0 bridgehead atoms. The van der Waals surface area contributed by atoms with E-state index < -0.39 is 5.54 Å². The Morgan fingerprint density at radius 3 is 2.11 bits per heavy atom. The molecule has 9 heavy (non-hydrogen) atoms. The fourth-order valence-electron chi connectivity index (χ4n) is 0.478. The second-order valence-corrected chi connectivity index (χ2v) is 4.51. The van der Waals surface area contributed by atoms with Gasteiger partial charge in [0, 0.05) is 11.5 Å². The summed E-state index contributed by atoms with van der Waals surface area (Å²) in [4.78, 5) is 10.6. The monoisotopic (exact) mass is 164 g/mol. The highest BCUT2D eigenvalue weighted by atomic mass is 33.1. The summed E-state index contributed by atoms with van der Waals surface area (Å²) in [5.74, 6) is 0.903. The molecule has 0 spiro atoms. The maximum absolute atomic E-state index is 10.6. The third-order valence-electron chi connectivity index (χ3n) is 1.21. The molecule has 0 aromatic carbocycles. The van der Waals surface area contributed by atoms with E-state index in [0.717, 1.165) is 0 Å². The summed E-state index contributed by atoms with van der Waals surface area (Å²) >= 11 is 0. The molecule has 1 fully saturated rings. The summed E-state index contributed by atoms with van der Waals surface area (Å²) in [7, 11) is 3.20. The van der Waals surface area contributed by atoms with Gasteiger partial charge in [0.1, 0.15) is 5.54 Å². The quantitative estimate of drug-likeness (QED) is 0.516. The van der Waals surface area contributed by atoms with Gasteiger partial charge in [-0.15, -0.1) is 0 Å². The van der Waals surface area contributed by atoms with Crippen LogP contribution in [0.15, 0.2) is 0 Å². The Labute approximate surface area is 61.3 Å². The van der Waals surface area contributed by atoms with Crippen LogP contribution in [0.4, 0.5) is 0 Å². The summed E-state index contributed by atoms with van der Waals surface area (Å²) < 4.78 is 0. The summed E-state index contributed by atoms with van der Waals surface area (Å²) in [6, 6.07) is 0. The van der Waals surface area contributed by atoms with Gasteiger partial charge in [0.15, 0.2) is 0 Å². The zero-order valence-corrected chi connectivity index (χ0v) is 6.43. The van der Waals surface area contributed by atoms with Crippen LogP contribution in [0.3, 0.4) is 0 Å². The number of hydrogen-bond donors (Lipinski definition) is 2. The molecule has 5 heteroatoms. The molecule has 52 valence electrons. The second kappa shape index (κ2) is 2.40. The van der Waals surface area contributed by atoms with E-state index in [1.54, 1.807) is 21.6 Å². The molecule has 0 radical (unpaired) electrons. The van der Waals surface area contributed by atoms with Crippen LogP contribution in [0, 0.1) is 0 Å². The second-order valence-electron chi connectivity index (χ2n) is 2.04. The van der Waals surface area contributed by atoms with Gasteiger partial charge in [-0.3, -0.25) is 4.79 Å². The Hall–Kier alpha value is 0.130. The highest BCUT2D eigenvalue weighted by Crippen LogP contribution is 2.35. The fourth-order valence-corrected chi connectivity index (χ4v) is 3.44. The molecular formula is C4H8N2OS2. The normalized spacial score (nSPS) is 24.1. The Balaban J connectivity index is 2.61. The van der Waals surface area contributed by atoms with Crippen molar-refractivity contribution in [3.8, 4) is 0 Å². The lowest BCUT2D eigenvalue weighted by atomic mass is 10.1. The van der Waals surface area contributed by atoms with Crippen molar-refractivity contribution in [2.75, 3.05) is 11.5 Å². The molecule has 4 N–H and O–H groups in total. The average molecular weight is 164 g/mol. The van der Waals surface area contributed by atoms with E-state index in [9.17, 15) is 4.79 Å². The zero-order valence-electron chi connectivity index (χ0n) is 4.79.